The van der Waals surface area contributed by atoms with E-state index in [4.69, 9.17) is 4.99 Å². The van der Waals surface area contributed by atoms with Gasteiger partial charge in [0.1, 0.15) is 18.2 Å². The topological polar surface area (TPSA) is 41.4 Å². The average molecular weight is 767 g/mol. The molecule has 57 heavy (non-hydrogen) atoms. The van der Waals surface area contributed by atoms with E-state index >= 15 is 0 Å². The van der Waals surface area contributed by atoms with Crippen LogP contribution in [0.1, 0.15) is 29.0 Å². The fraction of sp³-hybridized carbons (Fsp3) is 0.0392. The molecule has 0 amide bonds. The van der Waals surface area contributed by atoms with Crippen molar-refractivity contribution in [2.24, 2.45) is 4.99 Å². The lowest BCUT2D eigenvalue weighted by molar-refractivity contribution is 0.411. The highest BCUT2D eigenvalue weighted by atomic mass is 32.1. The molecule has 4 heterocycles. The molecule has 3 aromatic heterocycles. The maximum absolute atomic E-state index is 5.17. The summed E-state index contributed by atoms with van der Waals surface area (Å²) in [7, 11) is 0. The van der Waals surface area contributed by atoms with Crippen LogP contribution in [0.3, 0.4) is 0 Å². The van der Waals surface area contributed by atoms with Gasteiger partial charge in [0.25, 0.3) is 0 Å². The second kappa shape index (κ2) is 13.0. The number of aliphatic imine (C=N–C) groups is 1. The van der Waals surface area contributed by atoms with Crippen LogP contribution < -0.4 is 10.6 Å². The van der Waals surface area contributed by atoms with Crippen LogP contribution in [0.15, 0.2) is 187 Å². The summed E-state index contributed by atoms with van der Waals surface area (Å²) in [5.74, 6) is 0.892. The Morgan fingerprint density at radius 1 is 0.491 bits per heavy atom. The van der Waals surface area contributed by atoms with Crippen LogP contribution in [-0.4, -0.2) is 10.4 Å². The summed E-state index contributed by atoms with van der Waals surface area (Å²) < 4.78 is 7.63. The van der Waals surface area contributed by atoms with Crippen molar-refractivity contribution in [1.82, 2.24) is 15.2 Å². The van der Waals surface area contributed by atoms with Crippen molar-refractivity contribution < 1.29 is 0 Å². The van der Waals surface area contributed by atoms with Gasteiger partial charge in [-0.1, -0.05) is 152 Å². The highest BCUT2D eigenvalue weighted by Crippen LogP contribution is 2.46. The molecule has 0 saturated heterocycles. The zero-order chi connectivity index (χ0) is 37.5. The number of para-hydroxylation sites is 2. The summed E-state index contributed by atoms with van der Waals surface area (Å²) in [6, 6.07) is 65.9. The summed E-state index contributed by atoms with van der Waals surface area (Å²) in [5, 5.41) is 15.4. The molecule has 0 saturated carbocycles. The number of rotatable bonds is 5. The third-order valence-electron chi connectivity index (χ3n) is 11.5. The summed E-state index contributed by atoms with van der Waals surface area (Å²) in [4.78, 5) is 5.17. The Labute approximate surface area is 337 Å². The normalized spacial score (nSPS) is 15.9. The highest BCUT2D eigenvalue weighted by molar-refractivity contribution is 7.27. The molecule has 8 aromatic carbocycles. The van der Waals surface area contributed by atoms with Gasteiger partial charge in [0, 0.05) is 52.0 Å². The second-order valence-corrected chi connectivity index (χ2v) is 16.8. The zero-order valence-electron chi connectivity index (χ0n) is 30.7. The molecule has 11 aromatic rings. The predicted octanol–water partition coefficient (Wildman–Crippen LogP) is 13.5. The van der Waals surface area contributed by atoms with Crippen LogP contribution in [0.5, 0.6) is 0 Å². The van der Waals surface area contributed by atoms with Crippen LogP contribution in [-0.2, 0) is 0 Å². The fourth-order valence-electron chi connectivity index (χ4n) is 8.92. The molecule has 2 N–H and O–H groups in total. The van der Waals surface area contributed by atoms with E-state index in [1.165, 1.54) is 84.5 Å². The summed E-state index contributed by atoms with van der Waals surface area (Å²) >= 11 is 3.78. The Bertz CT molecular complexity index is 3320. The molecule has 1 aliphatic rings. The first-order chi connectivity index (χ1) is 28.3. The number of nitrogens with one attached hydrogen (secondary N) is 2. The van der Waals surface area contributed by atoms with E-state index < -0.39 is 0 Å². The number of hydrogen-bond acceptors (Lipinski definition) is 5. The second-order valence-electron chi connectivity index (χ2n) is 14.7. The van der Waals surface area contributed by atoms with Gasteiger partial charge in [-0.3, -0.25) is 5.32 Å². The standard InChI is InChI=1S/C51H34N4S2/c1-3-14-31(15-4-1)49-52-50(32-16-5-2-6-17-32)54-51(53-49)40-23-13-27-44-46(40)39-22-11-20-34(47(39)56-44)33-28-29-37-38-21-12-26-43(48(38)57-45(37)30-33)55-41-24-9-7-18-35(41)36-19-8-10-25-42(36)55/h1-30,49,51,53H,(H,52,54). The molecule has 0 radical (unpaired) electrons. The third-order valence-corrected chi connectivity index (χ3v) is 13.9. The molecule has 12 rings (SSSR count). The van der Waals surface area contributed by atoms with Crippen LogP contribution in [0.25, 0.3) is 79.0 Å². The maximum atomic E-state index is 5.17. The van der Waals surface area contributed by atoms with Gasteiger partial charge in [0.2, 0.25) is 0 Å². The number of thiophene rings is 2. The van der Waals surface area contributed by atoms with Crippen molar-refractivity contribution in [3.05, 3.63) is 199 Å². The molecular weight excluding hydrogens is 733 g/mol. The molecular formula is C51H34N4S2. The molecule has 0 fully saturated rings. The molecule has 2 atom stereocenters. The summed E-state index contributed by atoms with van der Waals surface area (Å²) in [5.41, 5.74) is 9.64. The number of fused-ring (bicyclic) bond motifs is 9. The SMILES string of the molecule is c1ccc(C2=NC(c3ccccc3)NC(c3cccc4sc5c(-c6ccc7c(c6)sc6c(-n8c9ccccc9c9ccccc98)cccc67)cccc5c34)N2)cc1. The molecule has 0 aliphatic carbocycles. The van der Waals surface area contributed by atoms with Crippen molar-refractivity contribution in [2.75, 3.05) is 0 Å². The Kier molecular flexibility index (Phi) is 7.45. The lowest BCUT2D eigenvalue weighted by atomic mass is 9.98. The monoisotopic (exact) mass is 766 g/mol. The van der Waals surface area contributed by atoms with Crippen LogP contribution in [0.2, 0.25) is 0 Å². The minimum Gasteiger partial charge on any atom is -0.350 e. The Morgan fingerprint density at radius 2 is 1.16 bits per heavy atom. The number of amidine groups is 1. The predicted molar refractivity (Wildman–Crippen MR) is 243 cm³/mol. The highest BCUT2D eigenvalue weighted by Gasteiger charge is 2.28. The van der Waals surface area contributed by atoms with Gasteiger partial charge in [-0.25, -0.2) is 4.99 Å². The fourth-order valence-corrected chi connectivity index (χ4v) is 11.4. The number of aromatic nitrogens is 1. The van der Waals surface area contributed by atoms with Gasteiger partial charge < -0.3 is 9.88 Å². The van der Waals surface area contributed by atoms with E-state index in [0.717, 1.165) is 17.0 Å². The molecule has 1 aliphatic heterocycles. The van der Waals surface area contributed by atoms with Gasteiger partial charge in [-0.05, 0) is 52.6 Å². The number of nitrogens with zero attached hydrogens (tertiary/aromatic N) is 2. The first-order valence-electron chi connectivity index (χ1n) is 19.4. The first kappa shape index (κ1) is 32.7. The summed E-state index contributed by atoms with van der Waals surface area (Å²) in [6.07, 6.45) is -0.335. The van der Waals surface area contributed by atoms with E-state index in [9.17, 15) is 0 Å². The molecule has 2 unspecified atom stereocenters. The van der Waals surface area contributed by atoms with Crippen LogP contribution in [0.4, 0.5) is 0 Å². The van der Waals surface area contributed by atoms with Gasteiger partial charge in [-0.2, -0.15) is 0 Å². The molecule has 0 spiro atoms. The van der Waals surface area contributed by atoms with E-state index in [1.807, 2.05) is 22.7 Å². The van der Waals surface area contributed by atoms with Crippen LogP contribution >= 0.6 is 22.7 Å². The largest absolute Gasteiger partial charge is 0.350 e. The Balaban J connectivity index is 0.985. The maximum Gasteiger partial charge on any atom is 0.131 e. The van der Waals surface area contributed by atoms with Crippen molar-refractivity contribution in [1.29, 1.82) is 0 Å². The minimum absolute atomic E-state index is 0.147. The van der Waals surface area contributed by atoms with Crippen molar-refractivity contribution >= 4 is 90.7 Å². The van der Waals surface area contributed by atoms with E-state index in [-0.39, 0.29) is 12.3 Å². The van der Waals surface area contributed by atoms with E-state index in [2.05, 4.69) is 197 Å². The minimum atomic E-state index is -0.188. The van der Waals surface area contributed by atoms with Crippen molar-refractivity contribution in [2.45, 2.75) is 12.3 Å². The smallest absolute Gasteiger partial charge is 0.131 e. The average Bonchev–Trinajstić information content (AvgIpc) is 3.96. The number of benzene rings is 8. The molecule has 4 nitrogen and oxygen atoms in total. The number of hydrogen-bond donors (Lipinski definition) is 2. The van der Waals surface area contributed by atoms with Crippen molar-refractivity contribution in [3.63, 3.8) is 0 Å². The Hall–Kier alpha value is -6.57. The molecule has 6 heteroatoms. The molecule has 0 bridgehead atoms. The molecule has 270 valence electrons. The lowest BCUT2D eigenvalue weighted by Gasteiger charge is -2.32. The quantitative estimate of drug-likeness (QED) is 0.183. The lowest BCUT2D eigenvalue weighted by Crippen LogP contribution is -2.45. The third kappa shape index (κ3) is 5.19. The van der Waals surface area contributed by atoms with Crippen molar-refractivity contribution in [3.8, 4) is 16.8 Å². The van der Waals surface area contributed by atoms with Gasteiger partial charge in [0.15, 0.2) is 0 Å². The Morgan fingerprint density at radius 3 is 1.96 bits per heavy atom. The van der Waals surface area contributed by atoms with Crippen LogP contribution in [0, 0.1) is 0 Å². The van der Waals surface area contributed by atoms with Gasteiger partial charge in [0.05, 0.1) is 21.4 Å². The van der Waals surface area contributed by atoms with E-state index in [1.54, 1.807) is 0 Å². The van der Waals surface area contributed by atoms with Gasteiger partial charge in [-0.15, -0.1) is 22.7 Å². The van der Waals surface area contributed by atoms with Gasteiger partial charge >= 0.3 is 0 Å². The summed E-state index contributed by atoms with van der Waals surface area (Å²) in [6.45, 7) is 0. The first-order valence-corrected chi connectivity index (χ1v) is 21.0. The van der Waals surface area contributed by atoms with E-state index in [0.29, 0.717) is 0 Å². The zero-order valence-corrected chi connectivity index (χ0v) is 32.3.